The van der Waals surface area contributed by atoms with Gasteiger partial charge in [0, 0.05) is 51.2 Å². The largest absolute Gasteiger partial charge is 0.371 e. The van der Waals surface area contributed by atoms with E-state index in [2.05, 4.69) is 53.8 Å². The number of hydrogen-bond donors (Lipinski definition) is 0. The van der Waals surface area contributed by atoms with Crippen LogP contribution in [0.4, 0.5) is 11.4 Å². The van der Waals surface area contributed by atoms with E-state index in [9.17, 15) is 0 Å². The minimum atomic E-state index is 0.671. The highest BCUT2D eigenvalue weighted by molar-refractivity contribution is 5.80. The Morgan fingerprint density at radius 2 is 2.00 bits per heavy atom. The van der Waals surface area contributed by atoms with Gasteiger partial charge < -0.3 is 14.7 Å². The topological polar surface area (TPSA) is 9.72 Å². The SMILES string of the molecule is CC(C)N1CC[C@H]2[C@@H](C1)c1cccc3c1N2CCN3C. The summed E-state index contributed by atoms with van der Waals surface area (Å²) < 4.78 is 0. The molecular weight excluding hydrogens is 246 g/mol. The molecule has 3 heteroatoms. The minimum absolute atomic E-state index is 0.671. The second kappa shape index (κ2) is 4.39. The third kappa shape index (κ3) is 1.62. The third-order valence-corrected chi connectivity index (χ3v) is 5.56. The van der Waals surface area contributed by atoms with Crippen LogP contribution in [0.25, 0.3) is 0 Å². The lowest BCUT2D eigenvalue weighted by Gasteiger charge is -2.42. The molecule has 3 aliphatic heterocycles. The second-order valence-corrected chi connectivity index (χ2v) is 6.88. The van der Waals surface area contributed by atoms with Crippen LogP contribution in [0.2, 0.25) is 0 Å². The van der Waals surface area contributed by atoms with Gasteiger partial charge in [-0.05, 0) is 31.9 Å². The number of para-hydroxylation sites is 1. The minimum Gasteiger partial charge on any atom is -0.371 e. The smallest absolute Gasteiger partial charge is 0.0644 e. The Kier molecular flexibility index (Phi) is 2.75. The summed E-state index contributed by atoms with van der Waals surface area (Å²) in [6.07, 6.45) is 1.32. The first kappa shape index (κ1) is 12.5. The highest BCUT2D eigenvalue weighted by Crippen LogP contribution is 2.50. The molecule has 1 aromatic carbocycles. The molecule has 0 bridgehead atoms. The van der Waals surface area contributed by atoms with Gasteiger partial charge in [0.15, 0.2) is 0 Å². The molecule has 1 aromatic rings. The van der Waals surface area contributed by atoms with Crippen molar-refractivity contribution in [3.05, 3.63) is 23.8 Å². The summed E-state index contributed by atoms with van der Waals surface area (Å²) in [4.78, 5) is 7.79. The zero-order chi connectivity index (χ0) is 13.9. The zero-order valence-electron chi connectivity index (χ0n) is 12.8. The summed E-state index contributed by atoms with van der Waals surface area (Å²) in [6, 6.07) is 8.34. The normalized spacial score (nSPS) is 28.8. The lowest BCUT2D eigenvalue weighted by atomic mass is 9.88. The van der Waals surface area contributed by atoms with Crippen LogP contribution in [0.5, 0.6) is 0 Å². The van der Waals surface area contributed by atoms with Crippen molar-refractivity contribution in [2.45, 2.75) is 38.3 Å². The Labute approximate surface area is 122 Å². The van der Waals surface area contributed by atoms with Crippen LogP contribution in [0.1, 0.15) is 31.7 Å². The number of benzene rings is 1. The van der Waals surface area contributed by atoms with Crippen molar-refractivity contribution in [2.75, 3.05) is 43.0 Å². The second-order valence-electron chi connectivity index (χ2n) is 6.88. The van der Waals surface area contributed by atoms with E-state index >= 15 is 0 Å². The van der Waals surface area contributed by atoms with Gasteiger partial charge in [0.25, 0.3) is 0 Å². The third-order valence-electron chi connectivity index (χ3n) is 5.56. The maximum absolute atomic E-state index is 2.72. The molecular formula is C17H25N3. The maximum atomic E-state index is 2.72. The Morgan fingerprint density at radius 1 is 1.15 bits per heavy atom. The number of likely N-dealkylation sites (tertiary alicyclic amines) is 1. The van der Waals surface area contributed by atoms with Crippen molar-refractivity contribution in [1.82, 2.24) is 4.90 Å². The lowest BCUT2D eigenvalue weighted by Crippen LogP contribution is -2.50. The summed E-state index contributed by atoms with van der Waals surface area (Å²) in [5, 5.41) is 0. The van der Waals surface area contributed by atoms with E-state index in [1.165, 1.54) is 31.7 Å². The number of anilines is 2. The van der Waals surface area contributed by atoms with E-state index in [1.54, 1.807) is 11.3 Å². The van der Waals surface area contributed by atoms with Crippen LogP contribution in [-0.4, -0.2) is 50.2 Å². The number of likely N-dealkylation sites (N-methyl/N-ethyl adjacent to an activating group) is 1. The number of piperidine rings is 1. The predicted octanol–water partition coefficient (Wildman–Crippen LogP) is 2.52. The molecule has 2 atom stereocenters. The van der Waals surface area contributed by atoms with Gasteiger partial charge in [0.2, 0.25) is 0 Å². The van der Waals surface area contributed by atoms with Gasteiger partial charge >= 0.3 is 0 Å². The van der Waals surface area contributed by atoms with Gasteiger partial charge in [-0.25, -0.2) is 0 Å². The molecule has 4 rings (SSSR count). The average Bonchev–Trinajstić information content (AvgIpc) is 2.78. The monoisotopic (exact) mass is 271 g/mol. The summed E-state index contributed by atoms with van der Waals surface area (Å²) in [6.45, 7) is 9.51. The van der Waals surface area contributed by atoms with Gasteiger partial charge in [-0.15, -0.1) is 0 Å². The molecule has 0 spiro atoms. The van der Waals surface area contributed by atoms with E-state index in [1.807, 2.05) is 0 Å². The quantitative estimate of drug-likeness (QED) is 0.777. The molecule has 1 saturated heterocycles. The summed E-state index contributed by atoms with van der Waals surface area (Å²) in [7, 11) is 2.23. The number of nitrogens with zero attached hydrogens (tertiary/aromatic N) is 3. The van der Waals surface area contributed by atoms with Gasteiger partial charge in [0.05, 0.1) is 11.4 Å². The van der Waals surface area contributed by atoms with Crippen molar-refractivity contribution >= 4 is 11.4 Å². The Morgan fingerprint density at radius 3 is 2.80 bits per heavy atom. The lowest BCUT2D eigenvalue weighted by molar-refractivity contribution is 0.156. The zero-order valence-corrected chi connectivity index (χ0v) is 12.8. The molecule has 0 aliphatic carbocycles. The van der Waals surface area contributed by atoms with Crippen LogP contribution in [0.15, 0.2) is 18.2 Å². The Hall–Kier alpha value is -1.22. The van der Waals surface area contributed by atoms with Crippen LogP contribution < -0.4 is 9.80 Å². The fraction of sp³-hybridized carbons (Fsp3) is 0.647. The number of fused-ring (bicyclic) bond motifs is 3. The number of hydrogen-bond acceptors (Lipinski definition) is 3. The molecule has 108 valence electrons. The molecule has 20 heavy (non-hydrogen) atoms. The fourth-order valence-corrected chi connectivity index (χ4v) is 4.40. The Bertz CT molecular complexity index is 525. The van der Waals surface area contributed by atoms with Crippen molar-refractivity contribution < 1.29 is 0 Å². The molecule has 0 aromatic heterocycles. The van der Waals surface area contributed by atoms with Crippen LogP contribution in [-0.2, 0) is 0 Å². The van der Waals surface area contributed by atoms with Crippen molar-refractivity contribution in [3.63, 3.8) is 0 Å². The van der Waals surface area contributed by atoms with E-state index < -0.39 is 0 Å². The van der Waals surface area contributed by atoms with E-state index in [0.717, 1.165) is 12.6 Å². The molecule has 0 radical (unpaired) electrons. The average molecular weight is 271 g/mol. The van der Waals surface area contributed by atoms with Gasteiger partial charge in [0.1, 0.15) is 0 Å². The fourth-order valence-electron chi connectivity index (χ4n) is 4.40. The first-order valence-corrected chi connectivity index (χ1v) is 8.01. The summed E-state index contributed by atoms with van der Waals surface area (Å²) in [5.74, 6) is 0.715. The predicted molar refractivity (Wildman–Crippen MR) is 84.9 cm³/mol. The molecule has 0 N–H and O–H groups in total. The molecule has 1 fully saturated rings. The molecule has 3 aliphatic rings. The van der Waals surface area contributed by atoms with Crippen LogP contribution in [0.3, 0.4) is 0 Å². The highest BCUT2D eigenvalue weighted by Gasteiger charge is 2.44. The first-order valence-electron chi connectivity index (χ1n) is 8.01. The van der Waals surface area contributed by atoms with Crippen LogP contribution in [0, 0.1) is 0 Å². The molecule has 0 unspecified atom stereocenters. The summed E-state index contributed by atoms with van der Waals surface area (Å²) in [5.41, 5.74) is 4.59. The van der Waals surface area contributed by atoms with Crippen LogP contribution >= 0.6 is 0 Å². The van der Waals surface area contributed by atoms with Gasteiger partial charge in [-0.3, -0.25) is 0 Å². The molecule has 0 saturated carbocycles. The maximum Gasteiger partial charge on any atom is 0.0644 e. The van der Waals surface area contributed by atoms with Gasteiger partial charge in [-0.1, -0.05) is 12.1 Å². The van der Waals surface area contributed by atoms with E-state index in [0.29, 0.717) is 12.0 Å². The van der Waals surface area contributed by atoms with Gasteiger partial charge in [-0.2, -0.15) is 0 Å². The molecule has 0 amide bonds. The molecule has 3 heterocycles. The Balaban J connectivity index is 1.76. The number of rotatable bonds is 1. The first-order chi connectivity index (χ1) is 9.66. The van der Waals surface area contributed by atoms with Crippen molar-refractivity contribution in [1.29, 1.82) is 0 Å². The highest BCUT2D eigenvalue weighted by atomic mass is 15.3. The van der Waals surface area contributed by atoms with E-state index in [-0.39, 0.29) is 0 Å². The summed E-state index contributed by atoms with van der Waals surface area (Å²) >= 11 is 0. The molecule has 3 nitrogen and oxygen atoms in total. The van der Waals surface area contributed by atoms with Crippen molar-refractivity contribution in [3.8, 4) is 0 Å². The van der Waals surface area contributed by atoms with E-state index in [4.69, 9.17) is 0 Å². The van der Waals surface area contributed by atoms with Crippen molar-refractivity contribution in [2.24, 2.45) is 0 Å². The standard InChI is InChI=1S/C17H25N3/c1-12(2)19-8-7-15-14(11-19)13-5-4-6-16-17(13)20(15)10-9-18(16)3/h4-6,12,14-15H,7-11H2,1-3H3/t14-,15-/m0/s1.